The number of carbonyl (C=O) groups is 1. The zero-order valence-corrected chi connectivity index (χ0v) is 11.9. The van der Waals surface area contributed by atoms with Crippen molar-refractivity contribution in [3.8, 4) is 5.75 Å². The molecule has 0 unspecified atom stereocenters. The fourth-order valence-electron chi connectivity index (χ4n) is 1.58. The van der Waals surface area contributed by atoms with Gasteiger partial charge in [0.2, 0.25) is 0 Å². The number of carbonyl (C=O) groups excluding carboxylic acids is 1. The van der Waals surface area contributed by atoms with E-state index in [4.69, 9.17) is 4.74 Å². The molecule has 2 rings (SSSR count). The average Bonchev–Trinajstić information content (AvgIpc) is 3.18. The first-order valence-corrected chi connectivity index (χ1v) is 6.83. The Balaban J connectivity index is 1.99. The summed E-state index contributed by atoms with van der Waals surface area (Å²) in [7, 11) is 1.60. The predicted octanol–water partition coefficient (Wildman–Crippen LogP) is 1.83. The molecule has 1 aromatic rings. The van der Waals surface area contributed by atoms with Crippen LogP contribution in [-0.4, -0.2) is 25.6 Å². The highest BCUT2D eigenvalue weighted by Crippen LogP contribution is 2.25. The number of nitrogens with one attached hydrogen (secondary N) is 2. The molecule has 1 aromatic carbocycles. The van der Waals surface area contributed by atoms with Gasteiger partial charge in [-0.2, -0.15) is 0 Å². The molecule has 98 valence electrons. The summed E-state index contributed by atoms with van der Waals surface area (Å²) in [5.74, 6) is 0.633. The van der Waals surface area contributed by atoms with E-state index in [2.05, 4.69) is 26.6 Å². The van der Waals surface area contributed by atoms with Gasteiger partial charge in [0.15, 0.2) is 6.61 Å². The van der Waals surface area contributed by atoms with Gasteiger partial charge < -0.3 is 15.4 Å². The van der Waals surface area contributed by atoms with Crippen molar-refractivity contribution in [2.45, 2.75) is 25.4 Å². The van der Waals surface area contributed by atoms with E-state index in [0.29, 0.717) is 6.04 Å². The molecular formula is C13H17BrN2O2. The van der Waals surface area contributed by atoms with Crippen LogP contribution in [0.15, 0.2) is 22.7 Å². The van der Waals surface area contributed by atoms with Crippen LogP contribution in [0.4, 0.5) is 0 Å². The van der Waals surface area contributed by atoms with Gasteiger partial charge in [-0.25, -0.2) is 0 Å². The van der Waals surface area contributed by atoms with Gasteiger partial charge in [0, 0.05) is 29.7 Å². The smallest absolute Gasteiger partial charge is 0.257 e. The first kappa shape index (κ1) is 13.4. The second-order valence-electron chi connectivity index (χ2n) is 4.37. The maximum Gasteiger partial charge on any atom is 0.257 e. The topological polar surface area (TPSA) is 50.4 Å². The number of hydrogen-bond acceptors (Lipinski definition) is 3. The van der Waals surface area contributed by atoms with Crippen LogP contribution in [0.1, 0.15) is 18.4 Å². The van der Waals surface area contributed by atoms with Crippen LogP contribution < -0.4 is 15.4 Å². The summed E-state index contributed by atoms with van der Waals surface area (Å²) < 4.78 is 6.54. The molecule has 1 aliphatic carbocycles. The molecule has 0 atom stereocenters. The highest BCUT2D eigenvalue weighted by Gasteiger charge is 2.20. The highest BCUT2D eigenvalue weighted by molar-refractivity contribution is 9.10. The molecule has 0 aromatic heterocycles. The third-order valence-corrected chi connectivity index (χ3v) is 3.31. The van der Waals surface area contributed by atoms with E-state index in [9.17, 15) is 4.79 Å². The summed E-state index contributed by atoms with van der Waals surface area (Å²) >= 11 is 3.45. The largest absolute Gasteiger partial charge is 0.483 e. The molecule has 5 heteroatoms. The Morgan fingerprint density at radius 2 is 2.28 bits per heavy atom. The molecule has 1 aliphatic rings. The summed E-state index contributed by atoms with van der Waals surface area (Å²) in [6.07, 6.45) is 2.50. The minimum absolute atomic E-state index is 0.0502. The summed E-state index contributed by atoms with van der Waals surface area (Å²) in [5.41, 5.74) is 1.07. The third-order valence-electron chi connectivity index (χ3n) is 2.82. The molecule has 0 heterocycles. The third kappa shape index (κ3) is 3.99. The highest BCUT2D eigenvalue weighted by atomic mass is 79.9. The Morgan fingerprint density at radius 3 is 2.94 bits per heavy atom. The summed E-state index contributed by atoms with van der Waals surface area (Å²) in [6.45, 7) is 0.821. The van der Waals surface area contributed by atoms with Crippen molar-refractivity contribution in [1.29, 1.82) is 0 Å². The lowest BCUT2D eigenvalue weighted by Gasteiger charge is -2.12. The molecule has 2 N–H and O–H groups in total. The van der Waals surface area contributed by atoms with Gasteiger partial charge in [-0.15, -0.1) is 0 Å². The molecule has 0 bridgehead atoms. The van der Waals surface area contributed by atoms with Crippen molar-refractivity contribution in [3.63, 3.8) is 0 Å². The minimum atomic E-state index is -0.126. The van der Waals surface area contributed by atoms with Gasteiger partial charge in [-0.3, -0.25) is 4.79 Å². The molecule has 4 nitrogen and oxygen atoms in total. The van der Waals surface area contributed by atoms with Crippen molar-refractivity contribution in [1.82, 2.24) is 10.6 Å². The Hall–Kier alpha value is -1.07. The van der Waals surface area contributed by atoms with E-state index < -0.39 is 0 Å². The van der Waals surface area contributed by atoms with Crippen molar-refractivity contribution in [3.05, 3.63) is 28.2 Å². The molecule has 1 amide bonds. The first-order chi connectivity index (χ1) is 8.69. The average molecular weight is 313 g/mol. The van der Waals surface area contributed by atoms with Gasteiger partial charge in [0.1, 0.15) is 5.75 Å². The van der Waals surface area contributed by atoms with E-state index >= 15 is 0 Å². The number of hydrogen-bond donors (Lipinski definition) is 2. The molecule has 0 aliphatic heterocycles. The lowest BCUT2D eigenvalue weighted by Crippen LogP contribution is -2.25. The van der Waals surface area contributed by atoms with Crippen LogP contribution >= 0.6 is 15.9 Å². The fourth-order valence-corrected chi connectivity index (χ4v) is 1.99. The van der Waals surface area contributed by atoms with Crippen molar-refractivity contribution < 1.29 is 9.53 Å². The van der Waals surface area contributed by atoms with Crippen LogP contribution in [0.3, 0.4) is 0 Å². The molecule has 1 fully saturated rings. The van der Waals surface area contributed by atoms with Gasteiger partial charge in [-0.05, 0) is 31.0 Å². The summed E-state index contributed by atoms with van der Waals surface area (Å²) in [6, 6.07) is 6.47. The molecule has 0 radical (unpaired) electrons. The van der Waals surface area contributed by atoms with Crippen LogP contribution in [0.5, 0.6) is 5.75 Å². The SMILES string of the molecule is CNC(=O)COc1ccc(Br)cc1CNC1CC1. The number of halogens is 1. The maximum absolute atomic E-state index is 11.2. The fraction of sp³-hybridized carbons (Fsp3) is 0.462. The molecule has 18 heavy (non-hydrogen) atoms. The Labute approximate surface area is 115 Å². The lowest BCUT2D eigenvalue weighted by atomic mass is 10.2. The van der Waals surface area contributed by atoms with E-state index in [-0.39, 0.29) is 12.5 Å². The monoisotopic (exact) mass is 312 g/mol. The molecule has 0 saturated heterocycles. The van der Waals surface area contributed by atoms with Crippen molar-refractivity contribution in [2.24, 2.45) is 0 Å². The number of likely N-dealkylation sites (N-methyl/N-ethyl adjacent to an activating group) is 1. The van der Waals surface area contributed by atoms with Crippen LogP contribution in [0.25, 0.3) is 0 Å². The molecule has 0 spiro atoms. The predicted molar refractivity (Wildman–Crippen MR) is 73.6 cm³/mol. The zero-order chi connectivity index (χ0) is 13.0. The van der Waals surface area contributed by atoms with Gasteiger partial charge >= 0.3 is 0 Å². The second kappa shape index (κ2) is 6.20. The normalized spacial score (nSPS) is 14.3. The summed E-state index contributed by atoms with van der Waals surface area (Å²) in [4.78, 5) is 11.2. The van der Waals surface area contributed by atoms with Gasteiger partial charge in [-0.1, -0.05) is 15.9 Å². The Bertz CT molecular complexity index is 433. The van der Waals surface area contributed by atoms with E-state index in [1.165, 1.54) is 12.8 Å². The van der Waals surface area contributed by atoms with E-state index in [1.54, 1.807) is 7.05 Å². The Kier molecular flexibility index (Phi) is 4.60. The van der Waals surface area contributed by atoms with Crippen LogP contribution in [0.2, 0.25) is 0 Å². The van der Waals surface area contributed by atoms with Crippen molar-refractivity contribution in [2.75, 3.05) is 13.7 Å². The minimum Gasteiger partial charge on any atom is -0.483 e. The van der Waals surface area contributed by atoms with Crippen molar-refractivity contribution >= 4 is 21.8 Å². The number of amides is 1. The van der Waals surface area contributed by atoms with Gasteiger partial charge in [0.05, 0.1) is 0 Å². The van der Waals surface area contributed by atoms with Crippen LogP contribution in [-0.2, 0) is 11.3 Å². The zero-order valence-electron chi connectivity index (χ0n) is 10.3. The van der Waals surface area contributed by atoms with E-state index in [0.717, 1.165) is 22.3 Å². The molecular weight excluding hydrogens is 296 g/mol. The number of benzene rings is 1. The standard InChI is InChI=1S/C13H17BrN2O2/c1-15-13(17)8-18-12-5-2-10(14)6-9(12)7-16-11-3-4-11/h2,5-6,11,16H,3-4,7-8H2,1H3,(H,15,17). The molecule has 1 saturated carbocycles. The maximum atomic E-state index is 11.2. The van der Waals surface area contributed by atoms with E-state index in [1.807, 2.05) is 18.2 Å². The lowest BCUT2D eigenvalue weighted by molar-refractivity contribution is -0.122. The number of ether oxygens (including phenoxy) is 1. The quantitative estimate of drug-likeness (QED) is 0.842. The Morgan fingerprint density at radius 1 is 1.50 bits per heavy atom. The van der Waals surface area contributed by atoms with Gasteiger partial charge in [0.25, 0.3) is 5.91 Å². The first-order valence-electron chi connectivity index (χ1n) is 6.04. The van der Waals surface area contributed by atoms with Crippen LogP contribution in [0, 0.1) is 0 Å². The second-order valence-corrected chi connectivity index (χ2v) is 5.28. The summed E-state index contributed by atoms with van der Waals surface area (Å²) in [5, 5.41) is 5.98. The number of rotatable bonds is 6.